The van der Waals surface area contributed by atoms with Crippen molar-refractivity contribution in [3.63, 3.8) is 0 Å². The molecule has 0 bridgehead atoms. The van der Waals surface area contributed by atoms with E-state index in [1.807, 2.05) is 12.1 Å². The van der Waals surface area contributed by atoms with Crippen molar-refractivity contribution in [1.82, 2.24) is 0 Å². The molecule has 1 aliphatic heterocycles. The van der Waals surface area contributed by atoms with E-state index in [1.165, 1.54) is 19.8 Å². The van der Waals surface area contributed by atoms with Crippen LogP contribution in [0.15, 0.2) is 60.7 Å². The smallest absolute Gasteiger partial charge is 0.265 e. The summed E-state index contributed by atoms with van der Waals surface area (Å²) in [6, 6.07) is 18.1. The summed E-state index contributed by atoms with van der Waals surface area (Å²) in [5, 5.41) is 2.87. The van der Waals surface area contributed by atoms with Crippen LogP contribution in [0.1, 0.15) is 36.7 Å². The Kier molecular flexibility index (Phi) is 7.57. The van der Waals surface area contributed by atoms with Crippen LogP contribution >= 0.6 is 0 Å². The first-order chi connectivity index (χ1) is 17.7. The van der Waals surface area contributed by atoms with Crippen molar-refractivity contribution in [2.75, 3.05) is 44.2 Å². The molecular weight excluding hydrogens is 472 g/mol. The molecule has 0 saturated carbocycles. The normalized spacial score (nSPS) is 12.9. The molecule has 0 radical (unpaired) electrons. The van der Waals surface area contributed by atoms with Crippen LogP contribution in [-0.2, 0) is 10.2 Å². The standard InChI is InChI=1S/C29H32N2O6/c1-29(2,3)20-6-9-22(10-7-20)36-13-12-31-25-16-21(8-11-26(25)37-18-27(31)32)30-28(33)19-14-23(34-4)17-24(15-19)35-5/h6-11,14-17H,12-13,18H2,1-5H3,(H,30,33). The molecule has 8 heteroatoms. The number of methoxy groups -OCH3 is 2. The number of hydrogen-bond donors (Lipinski definition) is 1. The number of nitrogens with zero attached hydrogens (tertiary/aromatic N) is 1. The van der Waals surface area contributed by atoms with Gasteiger partial charge in [0.2, 0.25) is 0 Å². The number of benzene rings is 3. The fraction of sp³-hybridized carbons (Fsp3) is 0.310. The molecule has 0 atom stereocenters. The molecule has 0 spiro atoms. The van der Waals surface area contributed by atoms with Gasteiger partial charge in [0.25, 0.3) is 11.8 Å². The lowest BCUT2D eigenvalue weighted by molar-refractivity contribution is -0.121. The molecule has 1 heterocycles. The maximum Gasteiger partial charge on any atom is 0.265 e. The highest BCUT2D eigenvalue weighted by Crippen LogP contribution is 2.35. The fourth-order valence-corrected chi connectivity index (χ4v) is 3.97. The van der Waals surface area contributed by atoms with E-state index in [1.54, 1.807) is 41.3 Å². The number of nitrogens with one attached hydrogen (secondary N) is 1. The van der Waals surface area contributed by atoms with Crippen LogP contribution in [0.5, 0.6) is 23.0 Å². The van der Waals surface area contributed by atoms with Crippen LogP contribution in [-0.4, -0.2) is 45.8 Å². The largest absolute Gasteiger partial charge is 0.497 e. The van der Waals surface area contributed by atoms with Crippen LogP contribution in [0.2, 0.25) is 0 Å². The zero-order valence-electron chi connectivity index (χ0n) is 21.8. The quantitative estimate of drug-likeness (QED) is 0.462. The van der Waals surface area contributed by atoms with Gasteiger partial charge in [0.15, 0.2) is 6.61 Å². The lowest BCUT2D eigenvalue weighted by Crippen LogP contribution is -2.41. The van der Waals surface area contributed by atoms with E-state index >= 15 is 0 Å². The summed E-state index contributed by atoms with van der Waals surface area (Å²) in [7, 11) is 3.05. The maximum atomic E-state index is 12.9. The summed E-state index contributed by atoms with van der Waals surface area (Å²) < 4.78 is 22.0. The number of hydrogen-bond acceptors (Lipinski definition) is 6. The second-order valence-electron chi connectivity index (χ2n) is 9.69. The SMILES string of the molecule is COc1cc(OC)cc(C(=O)Nc2ccc3c(c2)N(CCOc2ccc(C(C)(C)C)cc2)C(=O)CO3)c1. The van der Waals surface area contributed by atoms with E-state index in [0.29, 0.717) is 47.3 Å². The molecule has 194 valence electrons. The molecule has 1 aliphatic rings. The van der Waals surface area contributed by atoms with E-state index in [2.05, 4.69) is 38.2 Å². The molecule has 0 fully saturated rings. The van der Waals surface area contributed by atoms with Gasteiger partial charge in [-0.15, -0.1) is 0 Å². The van der Waals surface area contributed by atoms with Crippen LogP contribution in [0.4, 0.5) is 11.4 Å². The van der Waals surface area contributed by atoms with Gasteiger partial charge < -0.3 is 29.2 Å². The van der Waals surface area contributed by atoms with Crippen molar-refractivity contribution in [2.45, 2.75) is 26.2 Å². The Hall–Kier alpha value is -4.20. The molecule has 0 unspecified atom stereocenters. The van der Waals surface area contributed by atoms with Gasteiger partial charge in [-0.25, -0.2) is 0 Å². The molecule has 0 aliphatic carbocycles. The third-order valence-electron chi connectivity index (χ3n) is 6.08. The minimum atomic E-state index is -0.339. The Balaban J connectivity index is 1.46. The number of rotatable bonds is 8. The third kappa shape index (κ3) is 6.14. The van der Waals surface area contributed by atoms with Crippen LogP contribution < -0.4 is 29.2 Å². The first-order valence-corrected chi connectivity index (χ1v) is 12.0. The number of ether oxygens (including phenoxy) is 4. The Morgan fingerprint density at radius 1 is 0.946 bits per heavy atom. The molecule has 3 aromatic carbocycles. The van der Waals surface area contributed by atoms with Crippen LogP contribution in [0.25, 0.3) is 0 Å². The monoisotopic (exact) mass is 504 g/mol. The van der Waals surface area contributed by atoms with Gasteiger partial charge in [0.1, 0.15) is 29.6 Å². The van der Waals surface area contributed by atoms with Crippen molar-refractivity contribution in [2.24, 2.45) is 0 Å². The summed E-state index contributed by atoms with van der Waals surface area (Å²) >= 11 is 0. The predicted octanol–water partition coefficient (Wildman–Crippen LogP) is 5.06. The zero-order valence-corrected chi connectivity index (χ0v) is 21.8. The number of fused-ring (bicyclic) bond motifs is 1. The van der Waals surface area contributed by atoms with Gasteiger partial charge in [-0.3, -0.25) is 9.59 Å². The highest BCUT2D eigenvalue weighted by atomic mass is 16.5. The average Bonchev–Trinajstić information content (AvgIpc) is 2.89. The van der Waals surface area contributed by atoms with Crippen LogP contribution in [0, 0.1) is 0 Å². The van der Waals surface area contributed by atoms with Gasteiger partial charge in [-0.2, -0.15) is 0 Å². The van der Waals surface area contributed by atoms with E-state index in [0.717, 1.165) is 5.75 Å². The molecule has 37 heavy (non-hydrogen) atoms. The van der Waals surface area contributed by atoms with Crippen molar-refractivity contribution in [3.8, 4) is 23.0 Å². The molecule has 4 rings (SSSR count). The summed E-state index contributed by atoms with van der Waals surface area (Å²) in [5.74, 6) is 1.80. The third-order valence-corrected chi connectivity index (χ3v) is 6.08. The molecule has 1 N–H and O–H groups in total. The second-order valence-corrected chi connectivity index (χ2v) is 9.69. The van der Waals surface area contributed by atoms with Crippen molar-refractivity contribution in [3.05, 3.63) is 71.8 Å². The van der Waals surface area contributed by atoms with Gasteiger partial charge >= 0.3 is 0 Å². The molecule has 2 amide bonds. The summed E-state index contributed by atoms with van der Waals surface area (Å²) in [6.45, 7) is 7.07. The first-order valence-electron chi connectivity index (χ1n) is 12.0. The molecule has 3 aromatic rings. The summed E-state index contributed by atoms with van der Waals surface area (Å²) in [4.78, 5) is 27.2. The predicted molar refractivity (Wildman–Crippen MR) is 142 cm³/mol. The molecule has 8 nitrogen and oxygen atoms in total. The van der Waals surface area contributed by atoms with E-state index in [4.69, 9.17) is 18.9 Å². The summed E-state index contributed by atoms with van der Waals surface area (Å²) in [5.41, 5.74) is 2.76. The number of carbonyl (C=O) groups is 2. The first kappa shape index (κ1) is 25.9. The zero-order chi connectivity index (χ0) is 26.6. The van der Waals surface area contributed by atoms with Crippen LogP contribution in [0.3, 0.4) is 0 Å². The topological polar surface area (TPSA) is 86.3 Å². The van der Waals surface area contributed by atoms with E-state index in [-0.39, 0.29) is 23.8 Å². The summed E-state index contributed by atoms with van der Waals surface area (Å²) in [6.07, 6.45) is 0. The number of carbonyl (C=O) groups excluding carboxylic acids is 2. The van der Waals surface area contributed by atoms with Gasteiger partial charge in [-0.1, -0.05) is 32.9 Å². The Morgan fingerprint density at radius 3 is 2.24 bits per heavy atom. The molecule has 0 aromatic heterocycles. The minimum absolute atomic E-state index is 0.0530. The molecular formula is C29H32N2O6. The van der Waals surface area contributed by atoms with Crippen molar-refractivity contribution < 1.29 is 28.5 Å². The minimum Gasteiger partial charge on any atom is -0.497 e. The Bertz CT molecular complexity index is 1260. The van der Waals surface area contributed by atoms with Crippen molar-refractivity contribution in [1.29, 1.82) is 0 Å². The lowest BCUT2D eigenvalue weighted by atomic mass is 9.87. The van der Waals surface area contributed by atoms with Gasteiger partial charge in [0.05, 0.1) is 26.5 Å². The van der Waals surface area contributed by atoms with Gasteiger partial charge in [-0.05, 0) is 53.4 Å². The highest BCUT2D eigenvalue weighted by Gasteiger charge is 2.26. The highest BCUT2D eigenvalue weighted by molar-refractivity contribution is 6.06. The second kappa shape index (κ2) is 10.8. The van der Waals surface area contributed by atoms with E-state index in [9.17, 15) is 9.59 Å². The van der Waals surface area contributed by atoms with Crippen molar-refractivity contribution >= 4 is 23.2 Å². The lowest BCUT2D eigenvalue weighted by Gasteiger charge is -2.29. The number of anilines is 2. The fourth-order valence-electron chi connectivity index (χ4n) is 3.97. The molecule has 0 saturated heterocycles. The Morgan fingerprint density at radius 2 is 1.62 bits per heavy atom. The van der Waals surface area contributed by atoms with E-state index < -0.39 is 0 Å². The Labute approximate surface area is 217 Å². The number of amides is 2. The maximum absolute atomic E-state index is 12.9. The van der Waals surface area contributed by atoms with Gasteiger partial charge in [0, 0.05) is 17.3 Å². The average molecular weight is 505 g/mol.